The Morgan fingerprint density at radius 2 is 1.38 bits per heavy atom. The molecule has 180 valence electrons. The van der Waals surface area contributed by atoms with E-state index in [2.05, 4.69) is 9.47 Å². The van der Waals surface area contributed by atoms with Crippen LogP contribution in [0.3, 0.4) is 0 Å². The van der Waals surface area contributed by atoms with Gasteiger partial charge in [-0.15, -0.1) is 0 Å². The molecule has 0 aromatic heterocycles. The Balaban J connectivity index is 1.56. The van der Waals surface area contributed by atoms with Crippen LogP contribution in [-0.2, 0) is 6.11 Å². The largest absolute Gasteiger partial charge is 0.432 e. The molecule has 1 fully saturated rings. The van der Waals surface area contributed by atoms with Crippen LogP contribution in [0.25, 0.3) is 11.1 Å². The summed E-state index contributed by atoms with van der Waals surface area (Å²) < 4.78 is 105. The van der Waals surface area contributed by atoms with Crippen molar-refractivity contribution < 1.29 is 40.2 Å². The highest BCUT2D eigenvalue weighted by Gasteiger charge is 2.41. The average molecular weight is 484 g/mol. The van der Waals surface area contributed by atoms with Gasteiger partial charge in [-0.2, -0.15) is 17.6 Å². The van der Waals surface area contributed by atoms with Gasteiger partial charge in [0.25, 0.3) is 0 Å². The lowest BCUT2D eigenvalue weighted by Gasteiger charge is -2.20. The molecule has 34 heavy (non-hydrogen) atoms. The van der Waals surface area contributed by atoms with Gasteiger partial charge in [0.15, 0.2) is 11.6 Å². The first-order valence-electron chi connectivity index (χ1n) is 10.5. The van der Waals surface area contributed by atoms with Crippen LogP contribution < -0.4 is 9.47 Å². The predicted octanol–water partition coefficient (Wildman–Crippen LogP) is 8.16. The van der Waals surface area contributed by atoms with E-state index in [1.807, 2.05) is 12.1 Å². The molecule has 0 aliphatic heterocycles. The van der Waals surface area contributed by atoms with Crippen LogP contribution in [0.4, 0.5) is 30.7 Å². The maximum atomic E-state index is 14.6. The summed E-state index contributed by atoms with van der Waals surface area (Å²) in [5.74, 6) is -5.82. The molecule has 0 saturated heterocycles. The Bertz CT molecular complexity index is 1130. The number of alkyl halides is 4. The standard InChI is InChI=1S/C25H19F7O2/c26-19-13-18(9-10-22(19)33-24(29)30)34-25(31,32)23-20(27)11-17(12-21(23)28)16-7-5-15(6-8-16)14-3-1-2-4-14/h5-14,24H,1-4H2. The van der Waals surface area contributed by atoms with E-state index in [-0.39, 0.29) is 5.56 Å². The number of hydrogen-bond donors (Lipinski definition) is 0. The molecule has 1 saturated carbocycles. The summed E-state index contributed by atoms with van der Waals surface area (Å²) in [5, 5.41) is 0. The number of halogens is 7. The van der Waals surface area contributed by atoms with E-state index >= 15 is 0 Å². The lowest BCUT2D eigenvalue weighted by Crippen LogP contribution is -2.25. The zero-order chi connectivity index (χ0) is 24.5. The van der Waals surface area contributed by atoms with Gasteiger partial charge >= 0.3 is 12.7 Å². The zero-order valence-corrected chi connectivity index (χ0v) is 17.6. The maximum absolute atomic E-state index is 14.6. The fourth-order valence-corrected chi connectivity index (χ4v) is 4.16. The van der Waals surface area contributed by atoms with Crippen LogP contribution >= 0.6 is 0 Å². The Hall–Kier alpha value is -3.23. The summed E-state index contributed by atoms with van der Waals surface area (Å²) in [7, 11) is 0. The van der Waals surface area contributed by atoms with E-state index in [1.54, 1.807) is 12.1 Å². The third kappa shape index (κ3) is 5.13. The lowest BCUT2D eigenvalue weighted by atomic mass is 9.94. The predicted molar refractivity (Wildman–Crippen MR) is 111 cm³/mol. The summed E-state index contributed by atoms with van der Waals surface area (Å²) in [6.07, 6.45) is -0.0469. The van der Waals surface area contributed by atoms with Gasteiger partial charge in [0.05, 0.1) is 0 Å². The molecule has 0 N–H and O–H groups in total. The molecule has 3 aromatic rings. The molecule has 3 aromatic carbocycles. The van der Waals surface area contributed by atoms with Crippen molar-refractivity contribution in [2.24, 2.45) is 0 Å². The molecule has 9 heteroatoms. The average Bonchev–Trinajstić information content (AvgIpc) is 3.29. The van der Waals surface area contributed by atoms with Crippen LogP contribution in [0.5, 0.6) is 11.5 Å². The number of rotatable bonds is 7. The first-order valence-corrected chi connectivity index (χ1v) is 10.5. The number of benzene rings is 3. The molecule has 4 rings (SSSR count). The summed E-state index contributed by atoms with van der Waals surface area (Å²) in [4.78, 5) is 0. The first-order chi connectivity index (χ1) is 16.1. The van der Waals surface area contributed by atoms with Gasteiger partial charge in [0, 0.05) is 6.07 Å². The van der Waals surface area contributed by atoms with E-state index in [0.29, 0.717) is 29.7 Å². The topological polar surface area (TPSA) is 18.5 Å². The van der Waals surface area contributed by atoms with E-state index < -0.39 is 47.2 Å². The molecule has 0 radical (unpaired) electrons. The van der Waals surface area contributed by atoms with Crippen LogP contribution in [0, 0.1) is 17.5 Å². The molecular weight excluding hydrogens is 465 g/mol. The maximum Gasteiger partial charge on any atom is 0.432 e. The number of ether oxygens (including phenoxy) is 2. The van der Waals surface area contributed by atoms with Crippen LogP contribution in [-0.4, -0.2) is 6.61 Å². The minimum Gasteiger partial charge on any atom is -0.432 e. The molecule has 1 aliphatic carbocycles. The summed E-state index contributed by atoms with van der Waals surface area (Å²) in [6, 6.07) is 10.3. The normalized spacial score (nSPS) is 14.6. The quantitative estimate of drug-likeness (QED) is 0.315. The van der Waals surface area contributed by atoms with Crippen molar-refractivity contribution in [3.05, 3.63) is 83.2 Å². The molecule has 0 bridgehead atoms. The summed E-state index contributed by atoms with van der Waals surface area (Å²) in [6.45, 7) is -3.33. The van der Waals surface area contributed by atoms with Gasteiger partial charge in [0.2, 0.25) is 0 Å². The Labute approximate surface area is 190 Å². The fraction of sp³-hybridized carbons (Fsp3) is 0.280. The van der Waals surface area contributed by atoms with Crippen molar-refractivity contribution in [3.8, 4) is 22.6 Å². The minimum absolute atomic E-state index is 0.0621. The highest BCUT2D eigenvalue weighted by Crippen LogP contribution is 2.39. The second kappa shape index (κ2) is 9.56. The Morgan fingerprint density at radius 1 is 0.765 bits per heavy atom. The van der Waals surface area contributed by atoms with Crippen LogP contribution in [0.15, 0.2) is 54.6 Å². The highest BCUT2D eigenvalue weighted by atomic mass is 19.3. The molecule has 0 amide bonds. The molecule has 0 atom stereocenters. The molecule has 1 aliphatic rings. The van der Waals surface area contributed by atoms with Crippen molar-refractivity contribution in [3.63, 3.8) is 0 Å². The van der Waals surface area contributed by atoms with Crippen LogP contribution in [0.1, 0.15) is 42.7 Å². The van der Waals surface area contributed by atoms with E-state index in [0.717, 1.165) is 43.4 Å². The molecule has 2 nitrogen and oxygen atoms in total. The van der Waals surface area contributed by atoms with E-state index in [1.165, 1.54) is 0 Å². The van der Waals surface area contributed by atoms with Gasteiger partial charge in [0.1, 0.15) is 22.9 Å². The van der Waals surface area contributed by atoms with Crippen molar-refractivity contribution in [2.75, 3.05) is 0 Å². The van der Waals surface area contributed by atoms with E-state index in [9.17, 15) is 30.7 Å². The SMILES string of the molecule is Fc1cc(OC(F)(F)c2c(F)cc(-c3ccc(C4CCCC4)cc3)cc2F)ccc1OC(F)F. The van der Waals surface area contributed by atoms with E-state index in [4.69, 9.17) is 0 Å². The lowest BCUT2D eigenvalue weighted by molar-refractivity contribution is -0.189. The van der Waals surface area contributed by atoms with Crippen molar-refractivity contribution in [2.45, 2.75) is 44.3 Å². The molecule has 0 unspecified atom stereocenters. The van der Waals surface area contributed by atoms with Crippen molar-refractivity contribution in [1.82, 2.24) is 0 Å². The highest BCUT2D eigenvalue weighted by molar-refractivity contribution is 5.64. The second-order valence-corrected chi connectivity index (χ2v) is 8.01. The molecule has 0 spiro atoms. The van der Waals surface area contributed by atoms with Gasteiger partial charge in [-0.25, -0.2) is 13.2 Å². The third-order valence-corrected chi connectivity index (χ3v) is 5.77. The van der Waals surface area contributed by atoms with Gasteiger partial charge in [-0.1, -0.05) is 37.1 Å². The zero-order valence-electron chi connectivity index (χ0n) is 17.6. The molecular formula is C25H19F7O2. The summed E-state index contributed by atoms with van der Waals surface area (Å²) in [5.41, 5.74) is -0.0258. The number of hydrogen-bond acceptors (Lipinski definition) is 2. The van der Waals surface area contributed by atoms with Gasteiger partial charge < -0.3 is 9.47 Å². The Kier molecular flexibility index (Phi) is 6.72. The van der Waals surface area contributed by atoms with Crippen molar-refractivity contribution in [1.29, 1.82) is 0 Å². The molecule has 0 heterocycles. The summed E-state index contributed by atoms with van der Waals surface area (Å²) >= 11 is 0. The first kappa shape index (κ1) is 23.9. The van der Waals surface area contributed by atoms with Gasteiger partial charge in [-0.05, 0) is 59.7 Å². The van der Waals surface area contributed by atoms with Crippen LogP contribution in [0.2, 0.25) is 0 Å². The Morgan fingerprint density at radius 3 is 1.94 bits per heavy atom. The van der Waals surface area contributed by atoms with Crippen molar-refractivity contribution >= 4 is 0 Å². The second-order valence-electron chi connectivity index (χ2n) is 8.01. The van der Waals surface area contributed by atoms with Gasteiger partial charge in [-0.3, -0.25) is 0 Å². The third-order valence-electron chi connectivity index (χ3n) is 5.77. The minimum atomic E-state index is -4.52. The fourth-order valence-electron chi connectivity index (χ4n) is 4.16. The monoisotopic (exact) mass is 484 g/mol. The smallest absolute Gasteiger partial charge is 0.432 e.